The summed E-state index contributed by atoms with van der Waals surface area (Å²) in [6, 6.07) is 0. The first-order valence-electron chi connectivity index (χ1n) is 33.5. The van der Waals surface area contributed by atoms with Crippen molar-refractivity contribution in [3.63, 3.8) is 0 Å². The summed E-state index contributed by atoms with van der Waals surface area (Å²) in [4.78, 5) is 38.2. The second-order valence-electron chi connectivity index (χ2n) is 21.6. The van der Waals surface area contributed by atoms with Crippen LogP contribution < -0.4 is 0 Å². The maximum absolute atomic E-state index is 12.9. The molecule has 0 rings (SSSR count). The van der Waals surface area contributed by atoms with Gasteiger partial charge in [-0.2, -0.15) is 0 Å². The Morgan fingerprint density at radius 1 is 0.256 bits per heavy atom. The lowest BCUT2D eigenvalue weighted by Gasteiger charge is -2.18. The zero-order valence-corrected chi connectivity index (χ0v) is 52.9. The Balaban J connectivity index is 4.27. The highest BCUT2D eigenvalue weighted by molar-refractivity contribution is 5.71. The van der Waals surface area contributed by atoms with Crippen LogP contribution in [0.5, 0.6) is 0 Å². The summed E-state index contributed by atoms with van der Waals surface area (Å²) in [7, 11) is 0. The van der Waals surface area contributed by atoms with E-state index >= 15 is 0 Å². The van der Waals surface area contributed by atoms with Crippen LogP contribution in [-0.4, -0.2) is 37.2 Å². The van der Waals surface area contributed by atoms with E-state index in [1.54, 1.807) is 0 Å². The number of hydrogen-bond acceptors (Lipinski definition) is 6. The van der Waals surface area contributed by atoms with Crippen molar-refractivity contribution in [3.05, 3.63) is 158 Å². The molecule has 82 heavy (non-hydrogen) atoms. The number of carbonyl (C=O) groups is 3. The largest absolute Gasteiger partial charge is 0.462 e. The predicted octanol–water partition coefficient (Wildman–Crippen LogP) is 23.3. The van der Waals surface area contributed by atoms with Gasteiger partial charge in [-0.15, -0.1) is 0 Å². The Hall–Kier alpha value is -4.97. The first-order valence-corrected chi connectivity index (χ1v) is 33.5. The Labute approximate surface area is 505 Å². The van der Waals surface area contributed by atoms with Gasteiger partial charge in [0.15, 0.2) is 6.10 Å². The van der Waals surface area contributed by atoms with Gasteiger partial charge in [-0.25, -0.2) is 0 Å². The van der Waals surface area contributed by atoms with E-state index in [0.717, 1.165) is 148 Å². The molecule has 0 aliphatic carbocycles. The standard InChI is InChI=1S/C76H122O6/c1-4-7-10-13-16-19-21-23-25-27-29-31-33-35-36-37-38-39-40-42-43-45-47-49-51-53-55-57-60-63-66-69-75(78)81-72-73(71-80-74(77)68-65-62-59-18-15-12-9-6-3)82-76(79)70-67-64-61-58-56-54-52-50-48-46-44-41-34-32-30-28-26-24-22-20-17-14-11-8-5-2/h7-8,10-11,16-17,19-20,23-26,29-32,35-36,38-39,42-43,47,49,53,55,73H,4-6,9,12-15,18,21-22,27-28,33-34,37,40-41,44-46,48,50-52,54,56-72H2,1-3H3/b10-7-,11-8-,19-16-,20-17-,25-23-,26-24-,31-29-,32-30-,36-35-,39-38-,43-42-,49-47-,55-53-. The molecule has 0 aromatic carbocycles. The van der Waals surface area contributed by atoms with Gasteiger partial charge in [-0.1, -0.05) is 294 Å². The molecule has 0 amide bonds. The summed E-state index contributed by atoms with van der Waals surface area (Å²) in [5.74, 6) is -0.934. The molecule has 0 fully saturated rings. The number of esters is 3. The molecule has 6 nitrogen and oxygen atoms in total. The lowest BCUT2D eigenvalue weighted by atomic mass is 10.0. The molecule has 6 heteroatoms. The van der Waals surface area contributed by atoms with E-state index in [1.165, 1.54) is 96.3 Å². The zero-order valence-electron chi connectivity index (χ0n) is 52.9. The van der Waals surface area contributed by atoms with Gasteiger partial charge in [0.2, 0.25) is 0 Å². The van der Waals surface area contributed by atoms with Crippen molar-refractivity contribution in [2.45, 2.75) is 290 Å². The topological polar surface area (TPSA) is 78.9 Å². The van der Waals surface area contributed by atoms with E-state index in [9.17, 15) is 14.4 Å². The Bertz CT molecular complexity index is 1830. The molecule has 0 saturated heterocycles. The Morgan fingerprint density at radius 2 is 0.476 bits per heavy atom. The molecule has 0 aliphatic heterocycles. The van der Waals surface area contributed by atoms with Crippen molar-refractivity contribution in [1.29, 1.82) is 0 Å². The average Bonchev–Trinajstić information content (AvgIpc) is 3.47. The van der Waals surface area contributed by atoms with Crippen LogP contribution in [0.25, 0.3) is 0 Å². The molecule has 0 saturated carbocycles. The van der Waals surface area contributed by atoms with Gasteiger partial charge in [0, 0.05) is 19.3 Å². The number of allylic oxidation sites excluding steroid dienone is 26. The van der Waals surface area contributed by atoms with Crippen molar-refractivity contribution < 1.29 is 28.6 Å². The lowest BCUT2D eigenvalue weighted by Crippen LogP contribution is -2.30. The van der Waals surface area contributed by atoms with Crippen LogP contribution in [0.4, 0.5) is 0 Å². The van der Waals surface area contributed by atoms with E-state index in [2.05, 4.69) is 179 Å². The number of rotatable bonds is 59. The summed E-state index contributed by atoms with van der Waals surface area (Å²) in [6.07, 6.45) is 99.9. The van der Waals surface area contributed by atoms with Crippen molar-refractivity contribution in [2.75, 3.05) is 13.2 Å². The lowest BCUT2D eigenvalue weighted by molar-refractivity contribution is -0.167. The van der Waals surface area contributed by atoms with Gasteiger partial charge < -0.3 is 14.2 Å². The summed E-state index contributed by atoms with van der Waals surface area (Å²) in [5.41, 5.74) is 0. The molecule has 0 heterocycles. The fourth-order valence-corrected chi connectivity index (χ4v) is 8.84. The first kappa shape index (κ1) is 77.0. The fraction of sp³-hybridized carbons (Fsp3) is 0.618. The van der Waals surface area contributed by atoms with E-state index in [0.29, 0.717) is 19.3 Å². The molecule has 0 aromatic rings. The van der Waals surface area contributed by atoms with E-state index in [-0.39, 0.29) is 31.1 Å². The number of unbranched alkanes of at least 4 members (excludes halogenated alkanes) is 22. The van der Waals surface area contributed by atoms with Gasteiger partial charge in [0.25, 0.3) is 0 Å². The Morgan fingerprint density at radius 3 is 0.756 bits per heavy atom. The molecule has 1 unspecified atom stereocenters. The molecule has 0 N–H and O–H groups in total. The molecule has 0 aliphatic rings. The molecule has 0 radical (unpaired) electrons. The number of hydrogen-bond donors (Lipinski definition) is 0. The Kier molecular flexibility index (Phi) is 64.4. The summed E-state index contributed by atoms with van der Waals surface area (Å²) < 4.78 is 16.8. The van der Waals surface area contributed by atoms with Crippen molar-refractivity contribution in [3.8, 4) is 0 Å². The first-order chi connectivity index (χ1) is 40.5. The number of ether oxygens (including phenoxy) is 3. The van der Waals surface area contributed by atoms with E-state index in [1.807, 2.05) is 0 Å². The van der Waals surface area contributed by atoms with E-state index < -0.39 is 6.10 Å². The zero-order chi connectivity index (χ0) is 59.2. The van der Waals surface area contributed by atoms with Gasteiger partial charge >= 0.3 is 17.9 Å². The van der Waals surface area contributed by atoms with Gasteiger partial charge in [0.05, 0.1) is 0 Å². The third-order valence-electron chi connectivity index (χ3n) is 13.8. The van der Waals surface area contributed by atoms with Crippen LogP contribution in [0.2, 0.25) is 0 Å². The summed E-state index contributed by atoms with van der Waals surface area (Å²) in [5, 5.41) is 0. The van der Waals surface area contributed by atoms with Gasteiger partial charge in [0.1, 0.15) is 13.2 Å². The SMILES string of the molecule is CC/C=C\C/C=C\C/C=C\C/C=C\C/C=C\C/C=C\C/C=C\C/C=C\C/C=C\CCCCCC(=O)OCC(COC(=O)CCCCCCCCCC)OC(=O)CCCCCCCCCCCCCC/C=C\C/C=C\C/C=C\C/C=C\CC. The minimum absolute atomic E-state index is 0.0931. The van der Waals surface area contributed by atoms with E-state index in [4.69, 9.17) is 14.2 Å². The molecule has 1 atom stereocenters. The van der Waals surface area contributed by atoms with Crippen LogP contribution in [0.15, 0.2) is 158 Å². The molecule has 462 valence electrons. The van der Waals surface area contributed by atoms with Crippen LogP contribution >= 0.6 is 0 Å². The maximum atomic E-state index is 12.9. The highest BCUT2D eigenvalue weighted by atomic mass is 16.6. The smallest absolute Gasteiger partial charge is 0.306 e. The maximum Gasteiger partial charge on any atom is 0.306 e. The molecular formula is C76H122O6. The van der Waals surface area contributed by atoms with Gasteiger partial charge in [-0.3, -0.25) is 14.4 Å². The van der Waals surface area contributed by atoms with Crippen LogP contribution in [0.1, 0.15) is 284 Å². The quantitative estimate of drug-likeness (QED) is 0.0261. The van der Waals surface area contributed by atoms with Gasteiger partial charge in [-0.05, 0) is 128 Å². The normalized spacial score (nSPS) is 13.2. The summed E-state index contributed by atoms with van der Waals surface area (Å²) >= 11 is 0. The van der Waals surface area contributed by atoms with Crippen LogP contribution in [-0.2, 0) is 28.6 Å². The van der Waals surface area contributed by atoms with Crippen LogP contribution in [0, 0.1) is 0 Å². The number of carbonyl (C=O) groups excluding carboxylic acids is 3. The molecular weight excluding hydrogens is 1010 g/mol. The monoisotopic (exact) mass is 1130 g/mol. The highest BCUT2D eigenvalue weighted by Gasteiger charge is 2.19. The van der Waals surface area contributed by atoms with Crippen molar-refractivity contribution in [1.82, 2.24) is 0 Å². The minimum Gasteiger partial charge on any atom is -0.462 e. The second-order valence-corrected chi connectivity index (χ2v) is 21.6. The molecule has 0 spiro atoms. The predicted molar refractivity (Wildman–Crippen MR) is 357 cm³/mol. The van der Waals surface area contributed by atoms with Crippen molar-refractivity contribution in [2.24, 2.45) is 0 Å². The third kappa shape index (κ3) is 65.8. The van der Waals surface area contributed by atoms with Crippen molar-refractivity contribution >= 4 is 17.9 Å². The van der Waals surface area contributed by atoms with Crippen LogP contribution in [0.3, 0.4) is 0 Å². The highest BCUT2D eigenvalue weighted by Crippen LogP contribution is 2.15. The third-order valence-corrected chi connectivity index (χ3v) is 13.8. The fourth-order valence-electron chi connectivity index (χ4n) is 8.84. The summed E-state index contributed by atoms with van der Waals surface area (Å²) in [6.45, 7) is 6.36. The molecule has 0 bridgehead atoms. The average molecular weight is 1130 g/mol. The molecule has 0 aromatic heterocycles. The minimum atomic E-state index is -0.798. The second kappa shape index (κ2) is 68.5.